The average Bonchev–Trinajstić information content (AvgIpc) is 2.42. The van der Waals surface area contributed by atoms with Gasteiger partial charge in [-0.05, 0) is 18.6 Å². The Morgan fingerprint density at radius 1 is 1.24 bits per heavy atom. The first kappa shape index (κ1) is 13.6. The van der Waals surface area contributed by atoms with Crippen molar-refractivity contribution in [3.63, 3.8) is 0 Å². The molecule has 2 N–H and O–H groups in total. The van der Waals surface area contributed by atoms with Crippen LogP contribution in [0, 0.1) is 6.92 Å². The minimum Gasteiger partial charge on any atom is -0.376 e. The van der Waals surface area contributed by atoms with Gasteiger partial charge in [0.1, 0.15) is 5.54 Å². The summed E-state index contributed by atoms with van der Waals surface area (Å²) < 4.78 is 5.29. The van der Waals surface area contributed by atoms with Gasteiger partial charge in [-0.2, -0.15) is 0 Å². The van der Waals surface area contributed by atoms with Crippen molar-refractivity contribution in [2.75, 3.05) is 13.2 Å². The van der Waals surface area contributed by atoms with Crippen molar-refractivity contribution < 1.29 is 9.53 Å². The van der Waals surface area contributed by atoms with Gasteiger partial charge in [-0.15, -0.1) is 0 Å². The number of pyridine rings is 1. The van der Waals surface area contributed by atoms with Crippen LogP contribution in [0.4, 0.5) is 0 Å². The van der Waals surface area contributed by atoms with Gasteiger partial charge < -0.3 is 15.0 Å². The van der Waals surface area contributed by atoms with E-state index in [0.717, 1.165) is 5.56 Å². The number of carbonyl (C=O) groups is 1. The fourth-order valence-electron chi connectivity index (χ4n) is 2.48. The Morgan fingerprint density at radius 2 is 1.95 bits per heavy atom. The highest BCUT2D eigenvalue weighted by Crippen LogP contribution is 2.29. The Bertz CT molecular complexity index is 718. The summed E-state index contributed by atoms with van der Waals surface area (Å²) in [6.45, 7) is 2.62. The molecule has 2 aromatic rings. The van der Waals surface area contributed by atoms with E-state index >= 15 is 0 Å². The molecule has 108 valence electrons. The summed E-state index contributed by atoms with van der Waals surface area (Å²) in [4.78, 5) is 26.5. The van der Waals surface area contributed by atoms with Crippen LogP contribution in [0.15, 0.2) is 47.3 Å². The van der Waals surface area contributed by atoms with Crippen LogP contribution in [0.5, 0.6) is 0 Å². The number of benzene rings is 1. The fraction of sp³-hybridized carbons (Fsp3) is 0.250. The number of aromatic amines is 1. The molecule has 1 aliphatic heterocycles. The Morgan fingerprint density at radius 3 is 2.52 bits per heavy atom. The fourth-order valence-corrected chi connectivity index (χ4v) is 2.48. The molecule has 21 heavy (non-hydrogen) atoms. The van der Waals surface area contributed by atoms with Crippen LogP contribution in [-0.4, -0.2) is 24.1 Å². The van der Waals surface area contributed by atoms with Crippen LogP contribution in [0.2, 0.25) is 0 Å². The lowest BCUT2D eigenvalue weighted by molar-refractivity contribution is -0.0733. The van der Waals surface area contributed by atoms with Crippen molar-refractivity contribution in [3.8, 4) is 0 Å². The van der Waals surface area contributed by atoms with Gasteiger partial charge >= 0.3 is 0 Å². The molecule has 1 fully saturated rings. The zero-order valence-corrected chi connectivity index (χ0v) is 11.7. The van der Waals surface area contributed by atoms with Crippen molar-refractivity contribution in [3.05, 3.63) is 69.6 Å². The third kappa shape index (κ3) is 2.60. The van der Waals surface area contributed by atoms with Gasteiger partial charge in [-0.1, -0.05) is 30.3 Å². The van der Waals surface area contributed by atoms with Crippen molar-refractivity contribution >= 4 is 5.91 Å². The van der Waals surface area contributed by atoms with Gasteiger partial charge in [0, 0.05) is 17.3 Å². The average molecular weight is 284 g/mol. The molecule has 1 aromatic carbocycles. The summed E-state index contributed by atoms with van der Waals surface area (Å²) in [5, 5.41) is 3.00. The van der Waals surface area contributed by atoms with Gasteiger partial charge in [-0.25, -0.2) is 0 Å². The van der Waals surface area contributed by atoms with E-state index in [1.807, 2.05) is 30.3 Å². The molecule has 0 spiro atoms. The lowest BCUT2D eigenvalue weighted by atomic mass is 9.87. The lowest BCUT2D eigenvalue weighted by Crippen LogP contribution is -2.59. The molecule has 2 heterocycles. The monoisotopic (exact) mass is 284 g/mol. The number of amides is 1. The minimum absolute atomic E-state index is 0.267. The Balaban J connectivity index is 1.88. The van der Waals surface area contributed by atoms with Gasteiger partial charge in [0.15, 0.2) is 0 Å². The van der Waals surface area contributed by atoms with E-state index in [9.17, 15) is 9.59 Å². The van der Waals surface area contributed by atoms with Crippen LogP contribution in [-0.2, 0) is 10.3 Å². The molecule has 5 heteroatoms. The Kier molecular flexibility index (Phi) is 3.35. The number of hydrogen-bond acceptors (Lipinski definition) is 3. The van der Waals surface area contributed by atoms with Crippen molar-refractivity contribution in [2.45, 2.75) is 12.5 Å². The Labute approximate surface area is 122 Å². The number of hydrogen-bond donors (Lipinski definition) is 2. The molecule has 0 atom stereocenters. The maximum Gasteiger partial charge on any atom is 0.252 e. The molecule has 3 rings (SSSR count). The van der Waals surface area contributed by atoms with Gasteiger partial charge in [0.25, 0.3) is 5.91 Å². The standard InChI is InChI=1S/C16H16N2O3/c1-11-7-12(8-14(19)17-11)15(20)18-16(9-21-10-16)13-5-3-2-4-6-13/h2-8H,9-10H2,1H3,(H,17,19)(H,18,20). The smallest absolute Gasteiger partial charge is 0.252 e. The molecule has 0 saturated carbocycles. The number of aryl methyl sites for hydroxylation is 1. The highest BCUT2D eigenvalue weighted by molar-refractivity contribution is 5.94. The first-order chi connectivity index (χ1) is 10.1. The van der Waals surface area contributed by atoms with E-state index in [2.05, 4.69) is 10.3 Å². The van der Waals surface area contributed by atoms with E-state index in [1.165, 1.54) is 6.07 Å². The lowest BCUT2D eigenvalue weighted by Gasteiger charge is -2.42. The third-order valence-corrected chi connectivity index (χ3v) is 3.62. The zero-order valence-electron chi connectivity index (χ0n) is 11.7. The summed E-state index contributed by atoms with van der Waals surface area (Å²) in [6.07, 6.45) is 0. The van der Waals surface area contributed by atoms with Crippen LogP contribution < -0.4 is 10.9 Å². The molecule has 0 unspecified atom stereocenters. The molecule has 1 aliphatic rings. The molecule has 5 nitrogen and oxygen atoms in total. The number of aromatic nitrogens is 1. The Hall–Kier alpha value is -2.40. The summed E-state index contributed by atoms with van der Waals surface area (Å²) >= 11 is 0. The summed E-state index contributed by atoms with van der Waals surface area (Å²) in [5.41, 5.74) is 1.24. The summed E-state index contributed by atoms with van der Waals surface area (Å²) in [5.74, 6) is -0.267. The zero-order chi connectivity index (χ0) is 14.9. The molecule has 1 amide bonds. The number of nitrogens with one attached hydrogen (secondary N) is 2. The predicted molar refractivity (Wildman–Crippen MR) is 78.2 cm³/mol. The second-order valence-electron chi connectivity index (χ2n) is 5.31. The second-order valence-corrected chi connectivity index (χ2v) is 5.31. The van der Waals surface area contributed by atoms with Gasteiger partial charge in [-0.3, -0.25) is 9.59 Å². The van der Waals surface area contributed by atoms with E-state index in [0.29, 0.717) is 24.5 Å². The van der Waals surface area contributed by atoms with Gasteiger partial charge in [0.05, 0.1) is 13.2 Å². The van der Waals surface area contributed by atoms with E-state index < -0.39 is 5.54 Å². The minimum atomic E-state index is -0.505. The molecule has 0 bridgehead atoms. The van der Waals surface area contributed by atoms with Crippen LogP contribution in [0.25, 0.3) is 0 Å². The normalized spacial score (nSPS) is 16.0. The first-order valence-electron chi connectivity index (χ1n) is 6.76. The van der Waals surface area contributed by atoms with Crippen LogP contribution >= 0.6 is 0 Å². The largest absolute Gasteiger partial charge is 0.376 e. The third-order valence-electron chi connectivity index (χ3n) is 3.62. The first-order valence-corrected chi connectivity index (χ1v) is 6.76. The second kappa shape index (κ2) is 5.18. The van der Waals surface area contributed by atoms with E-state index in [-0.39, 0.29) is 11.5 Å². The maximum absolute atomic E-state index is 12.4. The number of ether oxygens (including phenoxy) is 1. The van der Waals surface area contributed by atoms with Crippen molar-refractivity contribution in [1.82, 2.24) is 10.3 Å². The van der Waals surface area contributed by atoms with E-state index in [4.69, 9.17) is 4.74 Å². The van der Waals surface area contributed by atoms with Crippen molar-refractivity contribution in [1.29, 1.82) is 0 Å². The molecular formula is C16H16N2O3. The van der Waals surface area contributed by atoms with Crippen molar-refractivity contribution in [2.24, 2.45) is 0 Å². The predicted octanol–water partition coefficient (Wildman–Crippen LogP) is 1.34. The highest BCUT2D eigenvalue weighted by atomic mass is 16.5. The molecular weight excluding hydrogens is 268 g/mol. The summed E-state index contributed by atoms with van der Waals surface area (Å²) in [6, 6.07) is 12.7. The topological polar surface area (TPSA) is 71.2 Å². The molecule has 1 saturated heterocycles. The summed E-state index contributed by atoms with van der Waals surface area (Å²) in [7, 11) is 0. The van der Waals surface area contributed by atoms with E-state index in [1.54, 1.807) is 13.0 Å². The maximum atomic E-state index is 12.4. The quantitative estimate of drug-likeness (QED) is 0.893. The number of rotatable bonds is 3. The molecule has 0 radical (unpaired) electrons. The SMILES string of the molecule is Cc1cc(C(=O)NC2(c3ccccc3)COC2)cc(=O)[nH]1. The number of H-pyrrole nitrogens is 1. The highest BCUT2D eigenvalue weighted by Gasteiger charge is 2.41. The number of carbonyl (C=O) groups excluding carboxylic acids is 1. The molecule has 0 aliphatic carbocycles. The van der Waals surface area contributed by atoms with Crippen LogP contribution in [0.1, 0.15) is 21.6 Å². The van der Waals surface area contributed by atoms with Gasteiger partial charge in [0.2, 0.25) is 5.56 Å². The van der Waals surface area contributed by atoms with Crippen LogP contribution in [0.3, 0.4) is 0 Å². The molecule has 1 aromatic heterocycles.